The minimum Gasteiger partial charge on any atom is -0.324 e. The van der Waals surface area contributed by atoms with E-state index in [0.29, 0.717) is 0 Å². The van der Waals surface area contributed by atoms with Crippen LogP contribution in [0.4, 0.5) is 0 Å². The summed E-state index contributed by atoms with van der Waals surface area (Å²) < 4.78 is 0. The maximum atomic E-state index is 6.05. The van der Waals surface area contributed by atoms with Gasteiger partial charge in [-0.1, -0.05) is 13.8 Å². The number of thiophene rings is 1. The summed E-state index contributed by atoms with van der Waals surface area (Å²) in [7, 11) is 0. The van der Waals surface area contributed by atoms with Gasteiger partial charge < -0.3 is 11.1 Å². The van der Waals surface area contributed by atoms with E-state index in [1.807, 2.05) is 11.3 Å². The summed E-state index contributed by atoms with van der Waals surface area (Å²) in [4.78, 5) is 2.86. The van der Waals surface area contributed by atoms with Gasteiger partial charge in [-0.3, -0.25) is 0 Å². The first-order valence-corrected chi connectivity index (χ1v) is 6.46. The molecule has 0 aliphatic rings. The van der Waals surface area contributed by atoms with E-state index in [-0.39, 0.29) is 5.54 Å². The Bertz CT molecular complexity index is 292. The van der Waals surface area contributed by atoms with Gasteiger partial charge in [0, 0.05) is 28.4 Å². The molecule has 3 N–H and O–H groups in total. The second-order valence-electron chi connectivity index (χ2n) is 4.33. The minimum absolute atomic E-state index is 0.0785. The molecule has 0 amide bonds. The fourth-order valence-corrected chi connectivity index (χ4v) is 2.23. The molecule has 2 nitrogen and oxygen atoms in total. The highest BCUT2D eigenvalue weighted by Crippen LogP contribution is 2.16. The van der Waals surface area contributed by atoms with Gasteiger partial charge in [0.25, 0.3) is 0 Å². The lowest BCUT2D eigenvalue weighted by Crippen LogP contribution is -2.45. The highest BCUT2D eigenvalue weighted by atomic mass is 32.1. The quantitative estimate of drug-likeness (QED) is 0.782. The number of aryl methyl sites for hydroxylation is 1. The summed E-state index contributed by atoms with van der Waals surface area (Å²) in [6, 6.07) is 4.42. The van der Waals surface area contributed by atoms with Gasteiger partial charge >= 0.3 is 0 Å². The van der Waals surface area contributed by atoms with Crippen LogP contribution in [0.1, 0.15) is 36.9 Å². The zero-order chi connectivity index (χ0) is 11.3. The Kier molecular flexibility index (Phi) is 4.77. The maximum Gasteiger partial charge on any atom is 0.0300 e. The van der Waals surface area contributed by atoms with Crippen molar-refractivity contribution in [3.63, 3.8) is 0 Å². The molecule has 0 saturated carbocycles. The minimum atomic E-state index is -0.0785. The standard InChI is InChI=1S/C12H22N2S/c1-4-10-6-7-11(15-10)8-14-9-12(3,13)5-2/h6-7,14H,4-5,8-9,13H2,1-3H3. The second kappa shape index (κ2) is 5.64. The van der Waals surface area contributed by atoms with Crippen LogP contribution in [0, 0.1) is 0 Å². The van der Waals surface area contributed by atoms with Crippen molar-refractivity contribution < 1.29 is 0 Å². The fraction of sp³-hybridized carbons (Fsp3) is 0.667. The van der Waals surface area contributed by atoms with Crippen molar-refractivity contribution in [2.24, 2.45) is 5.73 Å². The molecule has 0 aliphatic carbocycles. The fourth-order valence-electron chi connectivity index (χ4n) is 1.30. The lowest BCUT2D eigenvalue weighted by Gasteiger charge is -2.22. The van der Waals surface area contributed by atoms with Crippen molar-refractivity contribution in [3.8, 4) is 0 Å². The lowest BCUT2D eigenvalue weighted by atomic mass is 10.0. The van der Waals surface area contributed by atoms with Crippen molar-refractivity contribution in [2.75, 3.05) is 6.54 Å². The van der Waals surface area contributed by atoms with Gasteiger partial charge in [-0.25, -0.2) is 0 Å². The van der Waals surface area contributed by atoms with Crippen LogP contribution in [0.5, 0.6) is 0 Å². The van der Waals surface area contributed by atoms with Crippen LogP contribution >= 0.6 is 11.3 Å². The van der Waals surface area contributed by atoms with Crippen LogP contribution in [-0.4, -0.2) is 12.1 Å². The first-order chi connectivity index (χ1) is 7.07. The zero-order valence-corrected chi connectivity index (χ0v) is 10.8. The highest BCUT2D eigenvalue weighted by Gasteiger charge is 2.14. The molecule has 1 aromatic rings. The van der Waals surface area contributed by atoms with Crippen molar-refractivity contribution in [2.45, 2.75) is 45.7 Å². The molecule has 3 heteroatoms. The number of hydrogen-bond donors (Lipinski definition) is 2. The predicted octanol–water partition coefficient (Wildman–Crippen LogP) is 2.53. The molecule has 0 spiro atoms. The monoisotopic (exact) mass is 226 g/mol. The Labute approximate surface area is 96.9 Å². The largest absolute Gasteiger partial charge is 0.324 e. The molecule has 0 radical (unpaired) electrons. The normalized spacial score (nSPS) is 15.2. The molecule has 86 valence electrons. The number of rotatable bonds is 6. The summed E-state index contributed by atoms with van der Waals surface area (Å²) in [5.41, 5.74) is 5.97. The smallest absolute Gasteiger partial charge is 0.0300 e. The molecule has 1 aromatic heterocycles. The third-order valence-electron chi connectivity index (χ3n) is 2.70. The van der Waals surface area contributed by atoms with Crippen LogP contribution in [-0.2, 0) is 13.0 Å². The third kappa shape index (κ3) is 4.33. The van der Waals surface area contributed by atoms with Crippen molar-refractivity contribution >= 4 is 11.3 Å². The van der Waals surface area contributed by atoms with E-state index in [9.17, 15) is 0 Å². The van der Waals surface area contributed by atoms with E-state index in [1.54, 1.807) is 0 Å². The van der Waals surface area contributed by atoms with E-state index in [0.717, 1.165) is 25.9 Å². The van der Waals surface area contributed by atoms with Gasteiger partial charge in [0.15, 0.2) is 0 Å². The molecule has 1 unspecified atom stereocenters. The van der Waals surface area contributed by atoms with E-state index in [1.165, 1.54) is 9.75 Å². The zero-order valence-electron chi connectivity index (χ0n) is 9.97. The highest BCUT2D eigenvalue weighted by molar-refractivity contribution is 7.11. The first-order valence-electron chi connectivity index (χ1n) is 5.64. The van der Waals surface area contributed by atoms with Crippen molar-refractivity contribution in [3.05, 3.63) is 21.9 Å². The van der Waals surface area contributed by atoms with Gasteiger partial charge in [-0.15, -0.1) is 11.3 Å². The SMILES string of the molecule is CCc1ccc(CNCC(C)(N)CC)s1. The molecular formula is C12H22N2S. The van der Waals surface area contributed by atoms with Gasteiger partial charge in [-0.05, 0) is 31.9 Å². The molecule has 0 bridgehead atoms. The third-order valence-corrected chi connectivity index (χ3v) is 3.93. The average Bonchev–Trinajstić information content (AvgIpc) is 2.66. The van der Waals surface area contributed by atoms with Crippen LogP contribution < -0.4 is 11.1 Å². The van der Waals surface area contributed by atoms with E-state index in [2.05, 4.69) is 38.2 Å². The molecule has 0 fully saturated rings. The van der Waals surface area contributed by atoms with Crippen LogP contribution in [0.25, 0.3) is 0 Å². The Morgan fingerprint density at radius 2 is 2.00 bits per heavy atom. The Balaban J connectivity index is 2.31. The summed E-state index contributed by atoms with van der Waals surface area (Å²) in [5, 5.41) is 3.42. The Hall–Kier alpha value is -0.380. The topological polar surface area (TPSA) is 38.0 Å². The predicted molar refractivity (Wildman–Crippen MR) is 68.3 cm³/mol. The summed E-state index contributed by atoms with van der Waals surface area (Å²) in [5.74, 6) is 0. The Morgan fingerprint density at radius 1 is 1.33 bits per heavy atom. The van der Waals surface area contributed by atoms with Crippen molar-refractivity contribution in [1.29, 1.82) is 0 Å². The van der Waals surface area contributed by atoms with Crippen molar-refractivity contribution in [1.82, 2.24) is 5.32 Å². The maximum absolute atomic E-state index is 6.05. The number of hydrogen-bond acceptors (Lipinski definition) is 3. The van der Waals surface area contributed by atoms with E-state index < -0.39 is 0 Å². The van der Waals surface area contributed by atoms with Crippen LogP contribution in [0.3, 0.4) is 0 Å². The van der Waals surface area contributed by atoms with Gasteiger partial charge in [0.2, 0.25) is 0 Å². The average molecular weight is 226 g/mol. The van der Waals surface area contributed by atoms with E-state index >= 15 is 0 Å². The lowest BCUT2D eigenvalue weighted by molar-refractivity contribution is 0.417. The van der Waals surface area contributed by atoms with Gasteiger partial charge in [-0.2, -0.15) is 0 Å². The van der Waals surface area contributed by atoms with Gasteiger partial charge in [0.05, 0.1) is 0 Å². The summed E-state index contributed by atoms with van der Waals surface area (Å²) >= 11 is 1.89. The second-order valence-corrected chi connectivity index (χ2v) is 5.59. The first kappa shape index (κ1) is 12.7. The molecule has 1 atom stereocenters. The summed E-state index contributed by atoms with van der Waals surface area (Å²) in [6.45, 7) is 8.23. The Morgan fingerprint density at radius 3 is 2.53 bits per heavy atom. The van der Waals surface area contributed by atoms with Crippen LogP contribution in [0.2, 0.25) is 0 Å². The molecule has 15 heavy (non-hydrogen) atoms. The number of nitrogens with two attached hydrogens (primary N) is 1. The number of nitrogens with one attached hydrogen (secondary N) is 1. The van der Waals surface area contributed by atoms with E-state index in [4.69, 9.17) is 5.73 Å². The molecule has 0 aromatic carbocycles. The summed E-state index contributed by atoms with van der Waals surface area (Å²) in [6.07, 6.45) is 2.14. The molecule has 1 rings (SSSR count). The molecule has 0 aliphatic heterocycles. The van der Waals surface area contributed by atoms with Gasteiger partial charge in [0.1, 0.15) is 0 Å². The molecule has 0 saturated heterocycles. The van der Waals surface area contributed by atoms with Crippen LogP contribution in [0.15, 0.2) is 12.1 Å². The molecular weight excluding hydrogens is 204 g/mol. The molecule has 1 heterocycles.